The van der Waals surface area contributed by atoms with Crippen molar-refractivity contribution in [3.8, 4) is 11.3 Å². The van der Waals surface area contributed by atoms with Crippen molar-refractivity contribution in [3.05, 3.63) is 93.7 Å². The van der Waals surface area contributed by atoms with Crippen LogP contribution in [-0.4, -0.2) is 438 Å². The number of carboxylic acid groups (broad SMARTS) is 5. The van der Waals surface area contributed by atoms with Crippen LogP contribution in [-0.2, 0) is 148 Å². The molecule has 834 valence electrons. The number of aryl methyl sites for hydroxylation is 1. The van der Waals surface area contributed by atoms with Gasteiger partial charge in [0.05, 0.1) is 178 Å². The van der Waals surface area contributed by atoms with Crippen molar-refractivity contribution < 1.29 is 164 Å². The highest BCUT2D eigenvalue weighted by Gasteiger charge is 2.27. The maximum Gasteiger partial charge on any atom is 0.373 e. The number of carbonyl (C=O) groups is 11. The van der Waals surface area contributed by atoms with Crippen molar-refractivity contribution in [3.63, 3.8) is 0 Å². The number of ether oxygens (including phenoxy) is 12. The summed E-state index contributed by atoms with van der Waals surface area (Å²) in [5.74, 6) is -6.64. The van der Waals surface area contributed by atoms with Gasteiger partial charge in [0.25, 0.3) is 0 Å². The minimum Gasteiger partial charge on any atom is -0.481 e. The molecule has 1 fully saturated rings. The fourth-order valence-electron chi connectivity index (χ4n) is 13.8. The topological polar surface area (TPSA) is 666 Å². The highest BCUT2D eigenvalue weighted by Crippen LogP contribution is 2.22. The number of amides is 8. The number of hydrogen-bond acceptors (Lipinski definition) is 36. The highest BCUT2D eigenvalue weighted by atomic mass is 127. The molecule has 0 spiro atoms. The van der Waals surface area contributed by atoms with E-state index in [0.29, 0.717) is 245 Å². The minimum atomic E-state index is -1.24. The molecule has 4 aromatic rings. The summed E-state index contributed by atoms with van der Waals surface area (Å²) >= 11 is 7.93. The van der Waals surface area contributed by atoms with Crippen molar-refractivity contribution in [2.75, 3.05) is 275 Å². The van der Waals surface area contributed by atoms with Crippen LogP contribution in [0.5, 0.6) is 0 Å². The number of rotatable bonds is 79. The van der Waals surface area contributed by atoms with Gasteiger partial charge in [-0.1, -0.05) is 41.6 Å². The summed E-state index contributed by atoms with van der Waals surface area (Å²) in [5.41, 5.74) is 4.33. The lowest BCUT2D eigenvalue weighted by molar-refractivity contribution is -0.193. The number of nitrogens with zero attached hydrogens (tertiary/aromatic N) is 7. The number of halogens is 1. The van der Waals surface area contributed by atoms with Crippen LogP contribution in [0.15, 0.2) is 79.0 Å². The Morgan fingerprint density at radius 1 is 0.409 bits per heavy atom. The SMILES string of the molecule is CN1CCN(CC(=O)O)CCN(CC(=O)O)CC(Cc2ccc(NC(=S)NCCCC[C@H](NC(=O)Cn3cc(-c4cccc(NC(=O)NCCCC[C@H](NC(=O)NCCCC(=O)O)C(=O)O)c4)nn3)C(=O)NCCOCCOCCOCCOCCOCCOCCOCCOCCOCCOCCOCCOCCC(=O)N[C@@H](CCCCNC(=O)CCCc3ccc(I)cc3)C(=O)O)cc2)N(C)CC1.O=C=O.O=C=O.O=C=O. The van der Waals surface area contributed by atoms with E-state index in [1.165, 1.54) is 13.8 Å². The van der Waals surface area contributed by atoms with Gasteiger partial charge in [-0.2, -0.15) is 28.8 Å². The maximum atomic E-state index is 13.8. The second-order valence-corrected chi connectivity index (χ2v) is 34.8. The standard InChI is InChI=1S/C93H148IN17O28S.3CO2/c1-107-34-36-108(2)77(66-110(70-87(119)120)39-38-109(37-35-107)69-86(117)118)64-72-22-26-75(27-23-72)101-93(140)99-31-8-3-15-78(102-84(114)68-111-67-81(105-106-111)73-13-10-14-76(65-73)100-91(126)97-30-7-5-17-80(90(124)125)104-92(127)98-32-11-19-85(115)116)88(121)96-33-41-129-43-45-131-47-49-133-51-53-135-55-57-137-59-61-139-63-62-138-60-58-136-56-54-134-52-50-132-48-46-130-44-42-128-40-28-83(113)103-79(89(122)123)16-4-6-29-95-82(112)18-9-12-71-20-24-74(94)25-21-71;3*2-1-3/h10,13-14,20-27,65,67,77-80H,3-9,11-12,15-19,28-64,66,68-70H2,1-2H3,(H,95,112)(H,96,121)(H,102,114)(H,103,113)(H,115,116)(H,117,118)(H,119,120)(H,122,123)(H,124,125)(H2,97,100,126)(H2,98,104,127)(H2,99,101,140);;;/t77?,78-,79-,80-;;;/m0.../s1. The van der Waals surface area contributed by atoms with Crippen LogP contribution in [0.2, 0.25) is 0 Å². The van der Waals surface area contributed by atoms with Gasteiger partial charge < -0.3 is 145 Å². The lowest BCUT2D eigenvalue weighted by Gasteiger charge is -2.36. The summed E-state index contributed by atoms with van der Waals surface area (Å²) < 4.78 is 69.4. The van der Waals surface area contributed by atoms with Gasteiger partial charge in [-0.15, -0.1) is 5.10 Å². The summed E-state index contributed by atoms with van der Waals surface area (Å²) in [6, 6.07) is 18.4. The monoisotopic (exact) mass is 2240 g/mol. The van der Waals surface area contributed by atoms with Crippen LogP contribution in [0.25, 0.3) is 11.3 Å². The molecular weight excluding hydrogens is 2090 g/mol. The zero-order chi connectivity index (χ0) is 109. The lowest BCUT2D eigenvalue weighted by atomic mass is 10.0. The zero-order valence-electron chi connectivity index (χ0n) is 84.7. The summed E-state index contributed by atoms with van der Waals surface area (Å²) in [6.45, 7) is 13.0. The number of hydrogen-bond donors (Lipinski definition) is 15. The van der Waals surface area contributed by atoms with Gasteiger partial charge in [0, 0.05) is 124 Å². The van der Waals surface area contributed by atoms with E-state index in [1.54, 1.807) is 30.5 Å². The Hall–Kier alpha value is -11.5. The molecule has 1 unspecified atom stereocenters. The maximum absolute atomic E-state index is 13.8. The van der Waals surface area contributed by atoms with E-state index in [1.807, 2.05) is 60.3 Å². The molecule has 2 heterocycles. The van der Waals surface area contributed by atoms with Crippen LogP contribution in [0.4, 0.5) is 21.0 Å². The number of aliphatic carboxylic acids is 5. The van der Waals surface area contributed by atoms with Gasteiger partial charge in [0.15, 0.2) is 5.11 Å². The Morgan fingerprint density at radius 3 is 1.36 bits per heavy atom. The Balaban J connectivity index is 0.00000802. The number of anilines is 2. The van der Waals surface area contributed by atoms with E-state index < -0.39 is 77.8 Å². The third-order valence-corrected chi connectivity index (χ3v) is 22.4. The molecule has 15 N–H and O–H groups in total. The Bertz CT molecular complexity index is 4460. The van der Waals surface area contributed by atoms with E-state index in [0.717, 1.165) is 37.2 Å². The largest absolute Gasteiger partial charge is 0.481 e. The summed E-state index contributed by atoms with van der Waals surface area (Å²) in [4.78, 5) is 192. The zero-order valence-corrected chi connectivity index (χ0v) is 87.7. The van der Waals surface area contributed by atoms with Gasteiger partial charge in [-0.3, -0.25) is 43.4 Å². The van der Waals surface area contributed by atoms with Crippen LogP contribution < -0.4 is 53.2 Å². The number of carboxylic acids is 5. The number of aromatic nitrogens is 3. The van der Waals surface area contributed by atoms with Crippen molar-refractivity contribution in [2.45, 2.75) is 133 Å². The molecule has 51 nitrogen and oxygen atoms in total. The molecule has 1 aliphatic rings. The number of benzene rings is 3. The van der Waals surface area contributed by atoms with E-state index >= 15 is 0 Å². The average molecular weight is 2240 g/mol. The number of thiocarbonyl (C=S) groups is 1. The van der Waals surface area contributed by atoms with Crippen molar-refractivity contribution in [1.29, 1.82) is 0 Å². The first-order chi connectivity index (χ1) is 72.0. The first-order valence-corrected chi connectivity index (χ1v) is 50.5. The first-order valence-electron chi connectivity index (χ1n) is 49.0. The van der Waals surface area contributed by atoms with E-state index in [2.05, 4.69) is 108 Å². The second kappa shape index (κ2) is 89.3. The molecule has 149 heavy (non-hydrogen) atoms. The van der Waals surface area contributed by atoms with Crippen molar-refractivity contribution >= 4 is 135 Å². The second-order valence-electron chi connectivity index (χ2n) is 33.1. The third-order valence-electron chi connectivity index (χ3n) is 21.4. The minimum absolute atomic E-state index is 0.0136. The number of unbranched alkanes of at least 4 members (excludes halogenated alkanes) is 3. The molecule has 8 amide bonds. The van der Waals surface area contributed by atoms with Gasteiger partial charge in [-0.25, -0.2) is 23.9 Å². The van der Waals surface area contributed by atoms with Gasteiger partial charge in [-0.05, 0) is 180 Å². The third kappa shape index (κ3) is 75.0. The normalized spacial score (nSPS) is 13.4. The highest BCUT2D eigenvalue weighted by molar-refractivity contribution is 14.1. The van der Waals surface area contributed by atoms with Crippen LogP contribution in [0.3, 0.4) is 0 Å². The summed E-state index contributed by atoms with van der Waals surface area (Å²) in [6.07, 6.45) is 8.53. The first kappa shape index (κ1) is 134. The number of likely N-dealkylation sites (N-methyl/N-ethyl adjacent to an activating group) is 2. The molecule has 0 saturated carbocycles. The Kier molecular flexibility index (Phi) is 80.1. The van der Waals surface area contributed by atoms with Crippen molar-refractivity contribution in [1.82, 2.24) is 77.1 Å². The van der Waals surface area contributed by atoms with E-state index in [4.69, 9.17) is 103 Å². The molecule has 3 aromatic carbocycles. The lowest BCUT2D eigenvalue weighted by Crippen LogP contribution is -2.50. The van der Waals surface area contributed by atoms with Gasteiger partial charge in [0.2, 0.25) is 23.6 Å². The molecule has 0 radical (unpaired) electrons. The molecule has 1 aromatic heterocycles. The van der Waals surface area contributed by atoms with E-state index in [-0.39, 0.29) is 141 Å². The summed E-state index contributed by atoms with van der Waals surface area (Å²) in [5, 5.41) is 84.0. The number of urea groups is 2. The number of nitrogens with one attached hydrogen (secondary N) is 10. The fraction of sp³-hybridized carbons (Fsp3) is 0.635. The van der Waals surface area contributed by atoms with Gasteiger partial charge >= 0.3 is 60.4 Å². The van der Waals surface area contributed by atoms with Crippen LogP contribution in [0.1, 0.15) is 101 Å². The smallest absolute Gasteiger partial charge is 0.373 e. The molecule has 5 rings (SSSR count). The molecule has 0 bridgehead atoms. The molecule has 1 aliphatic heterocycles. The molecule has 4 atom stereocenters. The average Bonchev–Trinajstić information content (AvgIpc) is 1.81. The summed E-state index contributed by atoms with van der Waals surface area (Å²) in [7, 11) is 4.05. The van der Waals surface area contributed by atoms with Crippen molar-refractivity contribution in [2.24, 2.45) is 0 Å². The van der Waals surface area contributed by atoms with E-state index in [9.17, 15) is 73.2 Å². The predicted molar refractivity (Wildman–Crippen MR) is 544 cm³/mol. The Morgan fingerprint density at radius 2 is 0.846 bits per heavy atom. The Labute approximate surface area is 884 Å². The van der Waals surface area contributed by atoms with Gasteiger partial charge in [0.1, 0.15) is 30.4 Å². The quantitative estimate of drug-likeness (QED) is 0.0169. The number of carbonyl (C=O) groups excluding carboxylic acids is 12. The van der Waals surface area contributed by atoms with Crippen LogP contribution in [0, 0.1) is 3.57 Å². The molecule has 53 heteroatoms. The molecule has 1 saturated heterocycles. The molecular formula is C96H148IN17O34S. The predicted octanol–water partition coefficient (Wildman–Crippen LogP) is 1.50. The van der Waals surface area contributed by atoms with Crippen LogP contribution >= 0.6 is 34.8 Å². The fourth-order valence-corrected chi connectivity index (χ4v) is 14.3. The molecule has 0 aliphatic carbocycles.